The number of fused-ring (bicyclic) bond motifs is 3. The average Bonchev–Trinajstić information content (AvgIpc) is 3.05. The van der Waals surface area contributed by atoms with Crippen LogP contribution in [0.15, 0.2) is 48.5 Å². The lowest BCUT2D eigenvalue weighted by atomic mass is 9.98. The minimum absolute atomic E-state index is 0.0293. The van der Waals surface area contributed by atoms with Gasteiger partial charge in [0, 0.05) is 24.4 Å². The molecule has 0 unspecified atom stereocenters. The van der Waals surface area contributed by atoms with Gasteiger partial charge >= 0.3 is 12.1 Å². The molecule has 0 spiro atoms. The highest BCUT2D eigenvalue weighted by Gasteiger charge is 2.29. The molecule has 31 heavy (non-hydrogen) atoms. The van der Waals surface area contributed by atoms with Crippen LogP contribution < -0.4 is 10.6 Å². The molecule has 2 aromatic rings. The highest BCUT2D eigenvalue weighted by atomic mass is 16.5. The Morgan fingerprint density at radius 1 is 0.968 bits per heavy atom. The fraction of sp³-hybridized carbons (Fsp3) is 0.375. The van der Waals surface area contributed by atoms with Crippen molar-refractivity contribution in [1.29, 1.82) is 0 Å². The van der Waals surface area contributed by atoms with E-state index in [9.17, 15) is 14.4 Å². The molecule has 0 aliphatic heterocycles. The number of carboxylic acid groups (broad SMARTS) is 1. The van der Waals surface area contributed by atoms with Gasteiger partial charge in [-0.05, 0) is 35.6 Å². The van der Waals surface area contributed by atoms with Gasteiger partial charge in [0.15, 0.2) is 0 Å². The highest BCUT2D eigenvalue weighted by molar-refractivity contribution is 5.80. The van der Waals surface area contributed by atoms with Crippen molar-refractivity contribution in [3.63, 3.8) is 0 Å². The molecule has 0 fully saturated rings. The van der Waals surface area contributed by atoms with E-state index in [0.717, 1.165) is 22.3 Å². The van der Waals surface area contributed by atoms with Gasteiger partial charge in [0.25, 0.3) is 0 Å². The van der Waals surface area contributed by atoms with Crippen LogP contribution in [0.2, 0.25) is 0 Å². The van der Waals surface area contributed by atoms with Crippen molar-refractivity contribution in [2.45, 2.75) is 51.1 Å². The second-order valence-electron chi connectivity index (χ2n) is 7.85. The lowest BCUT2D eigenvalue weighted by Crippen LogP contribution is -2.41. The van der Waals surface area contributed by atoms with E-state index >= 15 is 0 Å². The quantitative estimate of drug-likeness (QED) is 0.570. The standard InChI is InChI=1S/C24H28N2O5/c1-3-16(13-22(27)25-15(2)12-23(28)29)26-24(30)31-14-21-19-10-6-4-8-17(19)18-9-5-7-11-20(18)21/h4-11,15-16,21H,3,12-14H2,1-2H3,(H,25,27)(H,26,30)(H,28,29)/t15-,16+/m1/s1. The van der Waals surface area contributed by atoms with Gasteiger partial charge < -0.3 is 20.5 Å². The number of carboxylic acids is 1. The van der Waals surface area contributed by atoms with Crippen LogP contribution in [-0.2, 0) is 14.3 Å². The number of benzene rings is 2. The Labute approximate surface area is 181 Å². The number of aliphatic carboxylic acids is 1. The molecule has 0 bridgehead atoms. The predicted molar refractivity (Wildman–Crippen MR) is 117 cm³/mol. The second kappa shape index (κ2) is 10.1. The topological polar surface area (TPSA) is 105 Å². The summed E-state index contributed by atoms with van der Waals surface area (Å²) < 4.78 is 5.53. The van der Waals surface area contributed by atoms with Gasteiger partial charge in [0.1, 0.15) is 6.61 Å². The summed E-state index contributed by atoms with van der Waals surface area (Å²) in [7, 11) is 0. The van der Waals surface area contributed by atoms with Crippen LogP contribution in [0, 0.1) is 0 Å². The third-order valence-electron chi connectivity index (χ3n) is 5.48. The highest BCUT2D eigenvalue weighted by Crippen LogP contribution is 2.44. The number of hydrogen-bond acceptors (Lipinski definition) is 4. The first-order valence-electron chi connectivity index (χ1n) is 10.5. The van der Waals surface area contributed by atoms with Crippen molar-refractivity contribution in [2.24, 2.45) is 0 Å². The summed E-state index contributed by atoms with van der Waals surface area (Å²) >= 11 is 0. The maximum absolute atomic E-state index is 12.4. The van der Waals surface area contributed by atoms with Crippen LogP contribution in [0.4, 0.5) is 4.79 Å². The molecular weight excluding hydrogens is 396 g/mol. The van der Waals surface area contributed by atoms with Gasteiger partial charge in [-0.25, -0.2) is 4.79 Å². The van der Waals surface area contributed by atoms with E-state index in [1.807, 2.05) is 31.2 Å². The summed E-state index contributed by atoms with van der Waals surface area (Å²) in [4.78, 5) is 35.3. The van der Waals surface area contributed by atoms with E-state index in [4.69, 9.17) is 9.84 Å². The molecule has 1 aliphatic rings. The van der Waals surface area contributed by atoms with E-state index in [0.29, 0.717) is 6.42 Å². The van der Waals surface area contributed by atoms with Crippen LogP contribution in [0.3, 0.4) is 0 Å². The maximum Gasteiger partial charge on any atom is 0.407 e. The summed E-state index contributed by atoms with van der Waals surface area (Å²) in [6, 6.07) is 15.3. The molecule has 2 aromatic carbocycles. The number of hydrogen-bond donors (Lipinski definition) is 3. The number of nitrogens with one attached hydrogen (secondary N) is 2. The Balaban J connectivity index is 1.55. The summed E-state index contributed by atoms with van der Waals surface area (Å²) in [5, 5.41) is 14.2. The number of rotatable bonds is 9. The number of alkyl carbamates (subject to hydrolysis) is 1. The lowest BCUT2D eigenvalue weighted by Gasteiger charge is -2.19. The molecule has 3 N–H and O–H groups in total. The Kier molecular flexibility index (Phi) is 7.28. The first-order valence-corrected chi connectivity index (χ1v) is 10.5. The molecule has 1 aliphatic carbocycles. The van der Waals surface area contributed by atoms with Gasteiger partial charge in [-0.2, -0.15) is 0 Å². The number of ether oxygens (including phenoxy) is 1. The van der Waals surface area contributed by atoms with Gasteiger partial charge in [-0.15, -0.1) is 0 Å². The summed E-state index contributed by atoms with van der Waals surface area (Å²) in [5.74, 6) is -1.31. The Hall–Kier alpha value is -3.35. The first kappa shape index (κ1) is 22.3. The van der Waals surface area contributed by atoms with Crippen molar-refractivity contribution < 1.29 is 24.2 Å². The van der Waals surface area contributed by atoms with Crippen molar-refractivity contribution in [1.82, 2.24) is 10.6 Å². The molecule has 164 valence electrons. The van der Waals surface area contributed by atoms with Gasteiger partial charge in [0.05, 0.1) is 6.42 Å². The van der Waals surface area contributed by atoms with Crippen molar-refractivity contribution >= 4 is 18.0 Å². The van der Waals surface area contributed by atoms with E-state index < -0.39 is 24.1 Å². The molecule has 0 saturated carbocycles. The zero-order valence-corrected chi connectivity index (χ0v) is 17.8. The zero-order chi connectivity index (χ0) is 22.4. The molecule has 2 amide bonds. The first-order chi connectivity index (χ1) is 14.9. The Morgan fingerprint density at radius 3 is 2.10 bits per heavy atom. The largest absolute Gasteiger partial charge is 0.481 e. The van der Waals surface area contributed by atoms with Gasteiger partial charge in [0.2, 0.25) is 5.91 Å². The molecule has 7 nitrogen and oxygen atoms in total. The summed E-state index contributed by atoms with van der Waals surface area (Å²) in [5.41, 5.74) is 4.59. The summed E-state index contributed by atoms with van der Waals surface area (Å²) in [6.07, 6.45) is -0.113. The van der Waals surface area contributed by atoms with E-state index in [2.05, 4.69) is 34.9 Å². The lowest BCUT2D eigenvalue weighted by molar-refractivity contribution is -0.137. The fourth-order valence-electron chi connectivity index (χ4n) is 3.97. The van der Waals surface area contributed by atoms with Crippen LogP contribution in [0.25, 0.3) is 11.1 Å². The zero-order valence-electron chi connectivity index (χ0n) is 17.8. The average molecular weight is 424 g/mol. The molecule has 0 aromatic heterocycles. The Morgan fingerprint density at radius 2 is 1.55 bits per heavy atom. The van der Waals surface area contributed by atoms with Crippen molar-refractivity contribution in [2.75, 3.05) is 6.61 Å². The number of carbonyl (C=O) groups is 3. The predicted octanol–water partition coefficient (Wildman–Crippen LogP) is 3.67. The molecular formula is C24H28N2O5. The third kappa shape index (κ3) is 5.63. The molecule has 0 heterocycles. The van der Waals surface area contributed by atoms with Gasteiger partial charge in [-0.1, -0.05) is 55.5 Å². The molecule has 0 radical (unpaired) electrons. The van der Waals surface area contributed by atoms with Crippen LogP contribution >= 0.6 is 0 Å². The second-order valence-corrected chi connectivity index (χ2v) is 7.85. The van der Waals surface area contributed by atoms with Crippen molar-refractivity contribution in [3.05, 3.63) is 59.7 Å². The van der Waals surface area contributed by atoms with Crippen LogP contribution in [-0.4, -0.2) is 41.8 Å². The monoisotopic (exact) mass is 424 g/mol. The minimum atomic E-state index is -0.975. The SMILES string of the molecule is CC[C@@H](CC(=O)N[C@H](C)CC(=O)O)NC(=O)OCC1c2ccccc2-c2ccccc21. The van der Waals surface area contributed by atoms with E-state index in [1.165, 1.54) is 0 Å². The van der Waals surface area contributed by atoms with Crippen LogP contribution in [0.5, 0.6) is 0 Å². The minimum Gasteiger partial charge on any atom is -0.481 e. The van der Waals surface area contributed by atoms with Crippen molar-refractivity contribution in [3.8, 4) is 11.1 Å². The van der Waals surface area contributed by atoms with Crippen LogP contribution in [0.1, 0.15) is 50.2 Å². The number of amides is 2. The van der Waals surface area contributed by atoms with Gasteiger partial charge in [-0.3, -0.25) is 9.59 Å². The summed E-state index contributed by atoms with van der Waals surface area (Å²) in [6.45, 7) is 3.70. The normalized spacial score (nSPS) is 14.1. The van der Waals surface area contributed by atoms with E-state index in [-0.39, 0.29) is 31.3 Å². The fourth-order valence-corrected chi connectivity index (χ4v) is 3.97. The molecule has 0 saturated heterocycles. The molecule has 2 atom stereocenters. The molecule has 3 rings (SSSR count). The maximum atomic E-state index is 12.4. The van der Waals surface area contributed by atoms with E-state index in [1.54, 1.807) is 6.92 Å². The molecule has 7 heteroatoms. The third-order valence-corrected chi connectivity index (χ3v) is 5.48. The Bertz CT molecular complexity index is 913. The number of carbonyl (C=O) groups excluding carboxylic acids is 2. The smallest absolute Gasteiger partial charge is 0.407 e.